The van der Waals surface area contributed by atoms with Crippen LogP contribution >= 0.6 is 24.0 Å². The molecule has 0 bridgehead atoms. The van der Waals surface area contributed by atoms with Crippen molar-refractivity contribution in [3.8, 4) is 0 Å². The van der Waals surface area contributed by atoms with Crippen LogP contribution in [0, 0.1) is 0 Å². The van der Waals surface area contributed by atoms with Gasteiger partial charge in [-0.05, 0) is 44.0 Å². The topological polar surface area (TPSA) is 60.0 Å². The number of amides is 1. The van der Waals surface area contributed by atoms with E-state index in [9.17, 15) is 4.79 Å². The van der Waals surface area contributed by atoms with Crippen LogP contribution in [0.15, 0.2) is 29.3 Å². The molecule has 0 aliphatic carbocycles. The molecular formula is C19H32IN5O. The van der Waals surface area contributed by atoms with Gasteiger partial charge in [0.2, 0.25) is 5.91 Å². The van der Waals surface area contributed by atoms with Crippen molar-refractivity contribution in [3.05, 3.63) is 35.4 Å². The first-order valence-corrected chi connectivity index (χ1v) is 9.11. The Kier molecular flexibility index (Phi) is 10.6. The summed E-state index contributed by atoms with van der Waals surface area (Å²) in [5.41, 5.74) is 2.53. The minimum atomic E-state index is 0. The number of hydrogen-bond acceptors (Lipinski definition) is 3. The van der Waals surface area contributed by atoms with Gasteiger partial charge in [0.05, 0.1) is 13.1 Å². The summed E-state index contributed by atoms with van der Waals surface area (Å²) in [5, 5.41) is 6.24. The van der Waals surface area contributed by atoms with E-state index in [0.29, 0.717) is 12.5 Å². The number of halogens is 1. The van der Waals surface area contributed by atoms with Gasteiger partial charge in [-0.15, -0.1) is 24.0 Å². The van der Waals surface area contributed by atoms with Crippen molar-refractivity contribution in [1.82, 2.24) is 20.4 Å². The largest absolute Gasteiger partial charge is 0.357 e. The minimum Gasteiger partial charge on any atom is -0.357 e. The lowest BCUT2D eigenvalue weighted by atomic mass is 10.1. The first-order valence-electron chi connectivity index (χ1n) is 9.11. The second kappa shape index (κ2) is 12.1. The molecule has 1 aromatic carbocycles. The molecular weight excluding hydrogens is 441 g/mol. The van der Waals surface area contributed by atoms with E-state index in [2.05, 4.69) is 44.8 Å². The van der Waals surface area contributed by atoms with Gasteiger partial charge in [-0.3, -0.25) is 9.69 Å². The van der Waals surface area contributed by atoms with Crippen LogP contribution in [0.25, 0.3) is 0 Å². The van der Waals surface area contributed by atoms with Crippen LogP contribution in [0.1, 0.15) is 30.9 Å². The molecule has 0 unspecified atom stereocenters. The van der Waals surface area contributed by atoms with E-state index in [1.807, 2.05) is 6.92 Å². The molecule has 1 amide bonds. The molecule has 1 aliphatic rings. The van der Waals surface area contributed by atoms with E-state index in [-0.39, 0.29) is 36.4 Å². The fraction of sp³-hybridized carbons (Fsp3) is 0.579. The molecule has 1 aromatic rings. The van der Waals surface area contributed by atoms with Crippen LogP contribution < -0.4 is 10.6 Å². The summed E-state index contributed by atoms with van der Waals surface area (Å²) in [5.74, 6) is 0.690. The Labute approximate surface area is 174 Å². The lowest BCUT2D eigenvalue weighted by molar-refractivity contribution is -0.127. The lowest BCUT2D eigenvalue weighted by Crippen LogP contribution is -2.42. The Morgan fingerprint density at radius 2 is 1.73 bits per heavy atom. The maximum Gasteiger partial charge on any atom is 0.241 e. The molecule has 0 saturated carbocycles. The number of rotatable bonds is 7. The number of aliphatic imine (C=N–C) groups is 1. The van der Waals surface area contributed by atoms with E-state index >= 15 is 0 Å². The highest BCUT2D eigenvalue weighted by molar-refractivity contribution is 14.0. The van der Waals surface area contributed by atoms with Crippen molar-refractivity contribution < 1.29 is 4.79 Å². The Hall–Kier alpha value is -1.35. The van der Waals surface area contributed by atoms with Crippen molar-refractivity contribution in [2.24, 2.45) is 4.99 Å². The molecule has 1 saturated heterocycles. The molecule has 0 spiro atoms. The van der Waals surface area contributed by atoms with Crippen molar-refractivity contribution >= 4 is 35.8 Å². The minimum absolute atomic E-state index is 0. The smallest absolute Gasteiger partial charge is 0.241 e. The lowest BCUT2D eigenvalue weighted by Gasteiger charge is -2.15. The zero-order chi connectivity index (χ0) is 18.1. The third-order valence-corrected chi connectivity index (χ3v) is 4.30. The number of nitrogens with one attached hydrogen (secondary N) is 2. The Bertz CT molecular complexity index is 568. The zero-order valence-electron chi connectivity index (χ0n) is 16.1. The second-order valence-corrected chi connectivity index (χ2v) is 6.64. The molecule has 7 heteroatoms. The third kappa shape index (κ3) is 7.90. The monoisotopic (exact) mass is 473 g/mol. The van der Waals surface area contributed by atoms with Gasteiger partial charge in [0.25, 0.3) is 0 Å². The molecule has 26 heavy (non-hydrogen) atoms. The Balaban J connectivity index is 0.00000338. The van der Waals surface area contributed by atoms with Gasteiger partial charge in [0.15, 0.2) is 5.96 Å². The number of carbonyl (C=O) groups excluding carboxylic acids is 1. The van der Waals surface area contributed by atoms with Crippen LogP contribution in [0.2, 0.25) is 0 Å². The SMILES string of the molecule is CCNC(=NCc1ccc(CN2CCCC2)cc1)NCC(=O)N(C)C.I. The first-order chi connectivity index (χ1) is 12.1. The number of nitrogens with zero attached hydrogens (tertiary/aromatic N) is 3. The molecule has 6 nitrogen and oxygen atoms in total. The summed E-state index contributed by atoms with van der Waals surface area (Å²) >= 11 is 0. The van der Waals surface area contributed by atoms with Crippen LogP contribution in [0.3, 0.4) is 0 Å². The van der Waals surface area contributed by atoms with Crippen LogP contribution in [-0.2, 0) is 17.9 Å². The standard InChI is InChI=1S/C19H31N5O.HI/c1-4-20-19(22-14-18(25)23(2)3)21-13-16-7-9-17(10-8-16)15-24-11-5-6-12-24;/h7-10H,4-6,11-15H2,1-3H3,(H2,20,21,22);1H. The molecule has 0 aromatic heterocycles. The average Bonchev–Trinajstić information content (AvgIpc) is 3.11. The third-order valence-electron chi connectivity index (χ3n) is 4.30. The maximum atomic E-state index is 11.7. The molecule has 0 radical (unpaired) electrons. The highest BCUT2D eigenvalue weighted by Crippen LogP contribution is 2.13. The van der Waals surface area contributed by atoms with E-state index in [4.69, 9.17) is 0 Å². The maximum absolute atomic E-state index is 11.7. The van der Waals surface area contributed by atoms with Crippen molar-refractivity contribution in [2.45, 2.75) is 32.9 Å². The van der Waals surface area contributed by atoms with Gasteiger partial charge in [-0.1, -0.05) is 24.3 Å². The number of carbonyl (C=O) groups is 1. The predicted molar refractivity (Wildman–Crippen MR) is 118 cm³/mol. The summed E-state index contributed by atoms with van der Waals surface area (Å²) in [6.07, 6.45) is 2.65. The molecule has 1 fully saturated rings. The van der Waals surface area contributed by atoms with Gasteiger partial charge in [-0.2, -0.15) is 0 Å². The van der Waals surface area contributed by atoms with Gasteiger partial charge in [0, 0.05) is 27.2 Å². The quantitative estimate of drug-likeness (QED) is 0.362. The molecule has 1 aliphatic heterocycles. The molecule has 1 heterocycles. The summed E-state index contributed by atoms with van der Waals surface area (Å²) in [4.78, 5) is 20.3. The molecule has 2 N–H and O–H groups in total. The Morgan fingerprint density at radius 1 is 1.12 bits per heavy atom. The average molecular weight is 473 g/mol. The molecule has 0 atom stereocenters. The number of guanidine groups is 1. The number of likely N-dealkylation sites (N-methyl/N-ethyl adjacent to an activating group) is 1. The van der Waals surface area contributed by atoms with Gasteiger partial charge in [-0.25, -0.2) is 4.99 Å². The molecule has 2 rings (SSSR count). The van der Waals surface area contributed by atoms with E-state index in [0.717, 1.165) is 13.1 Å². The summed E-state index contributed by atoms with van der Waals surface area (Å²) in [7, 11) is 3.50. The summed E-state index contributed by atoms with van der Waals surface area (Å²) in [6, 6.07) is 8.67. The normalized spacial score (nSPS) is 14.7. The first kappa shape index (κ1) is 22.7. The predicted octanol–water partition coefficient (Wildman–Crippen LogP) is 2.04. The summed E-state index contributed by atoms with van der Waals surface area (Å²) in [6.45, 7) is 7.09. The van der Waals surface area contributed by atoms with Crippen LogP contribution in [0.5, 0.6) is 0 Å². The van der Waals surface area contributed by atoms with Gasteiger partial charge < -0.3 is 15.5 Å². The van der Waals surface area contributed by atoms with Crippen molar-refractivity contribution in [2.75, 3.05) is 40.3 Å². The summed E-state index contributed by atoms with van der Waals surface area (Å²) < 4.78 is 0. The fourth-order valence-corrected chi connectivity index (χ4v) is 2.78. The highest BCUT2D eigenvalue weighted by Gasteiger charge is 2.11. The molecule has 146 valence electrons. The Morgan fingerprint density at radius 3 is 2.31 bits per heavy atom. The fourth-order valence-electron chi connectivity index (χ4n) is 2.78. The van der Waals surface area contributed by atoms with Crippen molar-refractivity contribution in [3.63, 3.8) is 0 Å². The zero-order valence-corrected chi connectivity index (χ0v) is 18.5. The van der Waals surface area contributed by atoms with E-state index < -0.39 is 0 Å². The van der Waals surface area contributed by atoms with Gasteiger partial charge in [0.1, 0.15) is 0 Å². The number of likely N-dealkylation sites (tertiary alicyclic amines) is 1. The number of benzene rings is 1. The van der Waals surface area contributed by atoms with Crippen LogP contribution in [-0.4, -0.2) is 61.9 Å². The van der Waals surface area contributed by atoms with E-state index in [1.54, 1.807) is 19.0 Å². The number of hydrogen-bond donors (Lipinski definition) is 2. The van der Waals surface area contributed by atoms with Crippen LogP contribution in [0.4, 0.5) is 0 Å². The highest BCUT2D eigenvalue weighted by atomic mass is 127. The van der Waals surface area contributed by atoms with E-state index in [1.165, 1.54) is 37.1 Å². The van der Waals surface area contributed by atoms with Gasteiger partial charge >= 0.3 is 0 Å². The second-order valence-electron chi connectivity index (χ2n) is 6.64. The van der Waals surface area contributed by atoms with Crippen molar-refractivity contribution in [1.29, 1.82) is 0 Å².